The molecule has 0 aliphatic carbocycles. The first-order chi connectivity index (χ1) is 16.7. The third kappa shape index (κ3) is 8.91. The zero-order valence-corrected chi connectivity index (χ0v) is 19.7. The van der Waals surface area contributed by atoms with Crippen LogP contribution in [-0.4, -0.2) is 65.0 Å². The average molecular weight is 489 g/mol. The highest BCUT2D eigenvalue weighted by Gasteiger charge is 2.28. The largest absolute Gasteiger partial charge is 0.480 e. The molecule has 0 spiro atoms. The fraction of sp³-hybridized carbons (Fsp3) is 0.478. The molecule has 0 saturated carbocycles. The lowest BCUT2D eigenvalue weighted by Crippen LogP contribution is -2.55. The maximum Gasteiger partial charge on any atom is 0.326 e. The second kappa shape index (κ2) is 13.9. The summed E-state index contributed by atoms with van der Waals surface area (Å²) in [4.78, 5) is 40.7. The van der Waals surface area contributed by atoms with E-state index in [2.05, 4.69) is 20.9 Å². The van der Waals surface area contributed by atoms with E-state index in [9.17, 15) is 19.5 Å². The molecule has 0 aliphatic heterocycles. The van der Waals surface area contributed by atoms with Crippen LogP contribution in [0.5, 0.6) is 0 Å². The molecule has 12 N–H and O–H groups in total. The Hall–Kier alpha value is -3.64. The molecular weight excluding hydrogens is 452 g/mol. The fourth-order valence-electron chi connectivity index (χ4n) is 3.71. The lowest BCUT2D eigenvalue weighted by molar-refractivity contribution is -0.142. The van der Waals surface area contributed by atoms with Gasteiger partial charge in [-0.1, -0.05) is 18.2 Å². The molecule has 1 aromatic heterocycles. The molecule has 2 rings (SSSR count). The number of para-hydroxylation sites is 1. The van der Waals surface area contributed by atoms with Gasteiger partial charge >= 0.3 is 5.97 Å². The Morgan fingerprint density at radius 1 is 1.03 bits per heavy atom. The monoisotopic (exact) mass is 488 g/mol. The van der Waals surface area contributed by atoms with Gasteiger partial charge in [-0.2, -0.15) is 0 Å². The molecule has 0 unspecified atom stereocenters. The number of fused-ring (bicyclic) bond motifs is 1. The summed E-state index contributed by atoms with van der Waals surface area (Å²) >= 11 is 0. The number of H-pyrrole nitrogens is 1. The highest BCUT2D eigenvalue weighted by atomic mass is 16.4. The molecule has 0 fully saturated rings. The molecule has 12 nitrogen and oxygen atoms in total. The molecular formula is C23H36N8O4. The number of nitrogens with one attached hydrogen (secondary N) is 5. The van der Waals surface area contributed by atoms with E-state index in [-0.39, 0.29) is 18.8 Å². The van der Waals surface area contributed by atoms with Gasteiger partial charge in [0.05, 0.1) is 6.04 Å². The Kier molecular flexibility index (Phi) is 11.0. The summed E-state index contributed by atoms with van der Waals surface area (Å²) < 4.78 is 0. The van der Waals surface area contributed by atoms with Crippen LogP contribution in [0.1, 0.15) is 37.7 Å². The van der Waals surface area contributed by atoms with Crippen molar-refractivity contribution in [3.63, 3.8) is 0 Å². The Balaban J connectivity index is 2.13. The molecule has 1 heterocycles. The van der Waals surface area contributed by atoms with Gasteiger partial charge in [0.15, 0.2) is 5.96 Å². The highest BCUT2D eigenvalue weighted by molar-refractivity contribution is 5.93. The van der Waals surface area contributed by atoms with E-state index in [1.807, 2.05) is 24.3 Å². The van der Waals surface area contributed by atoms with Gasteiger partial charge in [-0.15, -0.1) is 0 Å². The minimum absolute atomic E-state index is 0.148. The number of hydrogen-bond acceptors (Lipinski definition) is 6. The molecule has 3 atom stereocenters. The predicted molar refractivity (Wildman–Crippen MR) is 134 cm³/mol. The standard InChI is InChI=1S/C23H36N8O4/c24-10-4-3-9-18(22(34)35)30-21(33)19(12-14-13-29-17-8-2-1-6-15(14)17)31-20(32)16(25)7-5-11-28-23(26)27/h1-2,6,8,13,16,18-19,29H,3-5,7,9-12,24-25H2,(H,30,33)(H,31,32)(H,34,35)(H4,26,27,28)/t16-,18+,19+/m1/s1. The molecule has 0 saturated heterocycles. The fourth-order valence-corrected chi connectivity index (χ4v) is 3.71. The molecule has 12 heteroatoms. The van der Waals surface area contributed by atoms with Gasteiger partial charge in [0.25, 0.3) is 0 Å². The van der Waals surface area contributed by atoms with Crippen LogP contribution in [0.15, 0.2) is 30.5 Å². The molecule has 0 bridgehead atoms. The molecule has 2 amide bonds. The number of amides is 2. The van der Waals surface area contributed by atoms with Crippen LogP contribution in [0, 0.1) is 5.41 Å². The number of rotatable bonds is 15. The quantitative estimate of drug-likeness (QED) is 0.0898. The molecule has 2 aromatic rings. The van der Waals surface area contributed by atoms with Crippen LogP contribution in [0.25, 0.3) is 10.9 Å². The minimum Gasteiger partial charge on any atom is -0.480 e. The molecule has 0 radical (unpaired) electrons. The summed E-state index contributed by atoms with van der Waals surface area (Å²) in [6.07, 6.45) is 4.14. The lowest BCUT2D eigenvalue weighted by atomic mass is 10.0. The highest BCUT2D eigenvalue weighted by Crippen LogP contribution is 2.19. The number of carbonyl (C=O) groups excluding carboxylic acids is 2. The van der Waals surface area contributed by atoms with Crippen LogP contribution in [0.3, 0.4) is 0 Å². The zero-order valence-electron chi connectivity index (χ0n) is 19.7. The summed E-state index contributed by atoms with van der Waals surface area (Å²) in [5, 5.41) is 25.5. The number of nitrogens with two attached hydrogens (primary N) is 3. The van der Waals surface area contributed by atoms with Crippen molar-refractivity contribution in [2.45, 2.75) is 56.7 Å². The Bertz CT molecular complexity index is 1010. The number of guanidine groups is 1. The van der Waals surface area contributed by atoms with Gasteiger partial charge in [-0.05, 0) is 50.3 Å². The van der Waals surface area contributed by atoms with Gasteiger partial charge in [0, 0.05) is 30.1 Å². The third-order valence-corrected chi connectivity index (χ3v) is 5.64. The number of aromatic amines is 1. The van der Waals surface area contributed by atoms with Crippen LogP contribution in [-0.2, 0) is 20.8 Å². The van der Waals surface area contributed by atoms with Gasteiger partial charge < -0.3 is 43.2 Å². The van der Waals surface area contributed by atoms with E-state index in [0.29, 0.717) is 38.8 Å². The Morgan fingerprint density at radius 3 is 2.43 bits per heavy atom. The lowest BCUT2D eigenvalue weighted by Gasteiger charge is -2.23. The van der Waals surface area contributed by atoms with Crippen LogP contribution < -0.4 is 33.2 Å². The van der Waals surface area contributed by atoms with Gasteiger partial charge in [0.1, 0.15) is 12.1 Å². The molecule has 192 valence electrons. The van der Waals surface area contributed by atoms with E-state index in [0.717, 1.165) is 16.5 Å². The van der Waals surface area contributed by atoms with E-state index in [1.54, 1.807) is 6.20 Å². The van der Waals surface area contributed by atoms with Crippen molar-refractivity contribution < 1.29 is 19.5 Å². The molecule has 1 aromatic carbocycles. The van der Waals surface area contributed by atoms with E-state index < -0.39 is 35.9 Å². The topological polar surface area (TPSA) is 225 Å². The van der Waals surface area contributed by atoms with Crippen LogP contribution >= 0.6 is 0 Å². The maximum atomic E-state index is 13.1. The van der Waals surface area contributed by atoms with Gasteiger partial charge in [-0.3, -0.25) is 15.0 Å². The minimum atomic E-state index is -1.15. The van der Waals surface area contributed by atoms with Crippen molar-refractivity contribution in [1.29, 1.82) is 5.41 Å². The normalized spacial score (nSPS) is 13.5. The predicted octanol–water partition coefficient (Wildman–Crippen LogP) is -0.516. The summed E-state index contributed by atoms with van der Waals surface area (Å²) in [5.41, 5.74) is 18.4. The van der Waals surface area contributed by atoms with Crippen LogP contribution in [0.4, 0.5) is 0 Å². The number of hydrogen-bond donors (Lipinski definition) is 9. The SMILES string of the molecule is N=C(N)NCCC[C@@H](N)C(=O)N[C@@H](Cc1c[nH]c2ccccc12)C(=O)N[C@@H](CCCCN)C(=O)O. The third-order valence-electron chi connectivity index (χ3n) is 5.64. The zero-order chi connectivity index (χ0) is 25.8. The van der Waals surface area contributed by atoms with E-state index in [1.165, 1.54) is 0 Å². The summed E-state index contributed by atoms with van der Waals surface area (Å²) in [7, 11) is 0. The number of aromatic nitrogens is 1. The van der Waals surface area contributed by atoms with Gasteiger partial charge in [0.2, 0.25) is 11.8 Å². The van der Waals surface area contributed by atoms with Crippen LogP contribution in [0.2, 0.25) is 0 Å². The number of carboxylic acid groups (broad SMARTS) is 1. The number of unbranched alkanes of at least 4 members (excludes halogenated alkanes) is 1. The molecule has 0 aliphatic rings. The average Bonchev–Trinajstić information content (AvgIpc) is 3.23. The van der Waals surface area contributed by atoms with E-state index in [4.69, 9.17) is 22.6 Å². The van der Waals surface area contributed by atoms with Crippen molar-refractivity contribution in [2.24, 2.45) is 17.2 Å². The van der Waals surface area contributed by atoms with E-state index >= 15 is 0 Å². The summed E-state index contributed by atoms with van der Waals surface area (Å²) in [6, 6.07) is 4.54. The van der Waals surface area contributed by atoms with Crippen molar-refractivity contribution in [3.05, 3.63) is 36.0 Å². The van der Waals surface area contributed by atoms with Crippen molar-refractivity contribution in [3.8, 4) is 0 Å². The smallest absolute Gasteiger partial charge is 0.326 e. The first-order valence-electron chi connectivity index (χ1n) is 11.6. The summed E-state index contributed by atoms with van der Waals surface area (Å²) in [6.45, 7) is 0.817. The first-order valence-corrected chi connectivity index (χ1v) is 11.6. The van der Waals surface area contributed by atoms with Crippen molar-refractivity contribution in [1.82, 2.24) is 20.9 Å². The summed E-state index contributed by atoms with van der Waals surface area (Å²) in [5.74, 6) is -2.45. The van der Waals surface area contributed by atoms with Crippen molar-refractivity contribution in [2.75, 3.05) is 13.1 Å². The first kappa shape index (κ1) is 27.6. The maximum absolute atomic E-state index is 13.1. The second-order valence-electron chi connectivity index (χ2n) is 8.40. The molecule has 35 heavy (non-hydrogen) atoms. The number of aliphatic carboxylic acids is 1. The number of carboxylic acids is 1. The Labute approximate surface area is 203 Å². The van der Waals surface area contributed by atoms with Gasteiger partial charge in [-0.25, -0.2) is 4.79 Å². The second-order valence-corrected chi connectivity index (χ2v) is 8.40. The number of carbonyl (C=O) groups is 3. The number of benzene rings is 1. The Morgan fingerprint density at radius 2 is 1.74 bits per heavy atom. The van der Waals surface area contributed by atoms with Crippen molar-refractivity contribution >= 4 is 34.6 Å².